The van der Waals surface area contributed by atoms with E-state index in [1.165, 1.54) is 42.5 Å². The van der Waals surface area contributed by atoms with Crippen molar-refractivity contribution in [3.05, 3.63) is 29.3 Å². The predicted molar refractivity (Wildman–Crippen MR) is 83.8 cm³/mol. The molecule has 0 radical (unpaired) electrons. The van der Waals surface area contributed by atoms with Gasteiger partial charge in [0.05, 0.1) is 0 Å². The van der Waals surface area contributed by atoms with Crippen LogP contribution >= 0.6 is 0 Å². The minimum atomic E-state index is 0.610. The van der Waals surface area contributed by atoms with Gasteiger partial charge in [0.1, 0.15) is 0 Å². The van der Waals surface area contributed by atoms with Crippen LogP contribution in [0.1, 0.15) is 50.7 Å². The highest BCUT2D eigenvalue weighted by Crippen LogP contribution is 2.24. The van der Waals surface area contributed by atoms with Crippen LogP contribution < -0.4 is 10.2 Å². The summed E-state index contributed by atoms with van der Waals surface area (Å²) in [5.74, 6) is 0. The number of anilines is 1. The molecule has 1 atom stereocenters. The fraction of sp³-hybridized carbons (Fsp3) is 0.647. The molecule has 2 rings (SSSR count). The zero-order valence-electron chi connectivity index (χ0n) is 12.9. The first kappa shape index (κ1) is 14.4. The average Bonchev–Trinajstić information content (AvgIpc) is 3.20. The predicted octanol–water partition coefficient (Wildman–Crippen LogP) is 3.87. The Morgan fingerprint density at radius 2 is 2.11 bits per heavy atom. The second-order valence-corrected chi connectivity index (χ2v) is 6.02. The Labute approximate surface area is 118 Å². The maximum absolute atomic E-state index is 3.58. The maximum Gasteiger partial charge on any atom is 0.0395 e. The van der Waals surface area contributed by atoms with Crippen LogP contribution in [0.4, 0.5) is 5.69 Å². The summed E-state index contributed by atoms with van der Waals surface area (Å²) >= 11 is 0. The van der Waals surface area contributed by atoms with E-state index in [4.69, 9.17) is 0 Å². The van der Waals surface area contributed by atoms with Crippen LogP contribution in [0, 0.1) is 6.92 Å². The number of nitrogens with one attached hydrogen (secondary N) is 1. The summed E-state index contributed by atoms with van der Waals surface area (Å²) in [4.78, 5) is 2.41. The SMILES string of the molecule is CCCC(C)N(C)c1ccc(CNC2CC2)cc1C. The summed E-state index contributed by atoms with van der Waals surface area (Å²) in [6.07, 6.45) is 5.21. The van der Waals surface area contributed by atoms with Gasteiger partial charge in [-0.05, 0) is 50.3 Å². The zero-order chi connectivity index (χ0) is 13.8. The molecule has 2 nitrogen and oxygen atoms in total. The van der Waals surface area contributed by atoms with Gasteiger partial charge in [-0.1, -0.05) is 25.5 Å². The minimum absolute atomic E-state index is 0.610. The molecular weight excluding hydrogens is 232 g/mol. The van der Waals surface area contributed by atoms with Crippen molar-refractivity contribution < 1.29 is 0 Å². The molecule has 1 saturated carbocycles. The number of aryl methyl sites for hydroxylation is 1. The average molecular weight is 260 g/mol. The number of nitrogens with zero attached hydrogens (tertiary/aromatic N) is 1. The first-order valence-electron chi connectivity index (χ1n) is 7.67. The summed E-state index contributed by atoms with van der Waals surface area (Å²) in [5.41, 5.74) is 4.17. The van der Waals surface area contributed by atoms with Crippen LogP contribution in [0.3, 0.4) is 0 Å². The van der Waals surface area contributed by atoms with Gasteiger partial charge in [-0.15, -0.1) is 0 Å². The Hall–Kier alpha value is -1.02. The first-order valence-corrected chi connectivity index (χ1v) is 7.67. The fourth-order valence-corrected chi connectivity index (χ4v) is 2.62. The molecule has 0 amide bonds. The Bertz CT molecular complexity index is 410. The van der Waals surface area contributed by atoms with Crippen molar-refractivity contribution in [3.63, 3.8) is 0 Å². The van der Waals surface area contributed by atoms with E-state index in [0.29, 0.717) is 6.04 Å². The zero-order valence-corrected chi connectivity index (χ0v) is 12.9. The third-order valence-electron chi connectivity index (χ3n) is 4.18. The monoisotopic (exact) mass is 260 g/mol. The van der Waals surface area contributed by atoms with Crippen molar-refractivity contribution in [2.24, 2.45) is 0 Å². The standard InChI is InChI=1S/C17H28N2/c1-5-6-14(3)19(4)17-10-7-15(11-13(17)2)12-18-16-8-9-16/h7,10-11,14,16,18H,5-6,8-9,12H2,1-4H3. The van der Waals surface area contributed by atoms with Crippen molar-refractivity contribution in [2.75, 3.05) is 11.9 Å². The molecule has 1 aromatic carbocycles. The van der Waals surface area contributed by atoms with Gasteiger partial charge in [0.15, 0.2) is 0 Å². The number of benzene rings is 1. The third kappa shape index (κ3) is 3.97. The Morgan fingerprint density at radius 1 is 1.37 bits per heavy atom. The van der Waals surface area contributed by atoms with Crippen LogP contribution in [-0.4, -0.2) is 19.1 Å². The second-order valence-electron chi connectivity index (χ2n) is 6.02. The molecule has 0 bridgehead atoms. The highest BCUT2D eigenvalue weighted by Gasteiger charge is 2.20. The lowest BCUT2D eigenvalue weighted by Crippen LogP contribution is -2.29. The van der Waals surface area contributed by atoms with Gasteiger partial charge < -0.3 is 10.2 Å². The fourth-order valence-electron chi connectivity index (χ4n) is 2.62. The molecule has 19 heavy (non-hydrogen) atoms. The van der Waals surface area contributed by atoms with E-state index in [-0.39, 0.29) is 0 Å². The van der Waals surface area contributed by atoms with Gasteiger partial charge in [0.25, 0.3) is 0 Å². The highest BCUT2D eigenvalue weighted by atomic mass is 15.1. The molecule has 1 aliphatic carbocycles. The lowest BCUT2D eigenvalue weighted by molar-refractivity contribution is 0.615. The van der Waals surface area contributed by atoms with E-state index in [1.807, 2.05) is 0 Å². The summed E-state index contributed by atoms with van der Waals surface area (Å²) in [6, 6.07) is 8.28. The van der Waals surface area contributed by atoms with Crippen molar-refractivity contribution in [1.29, 1.82) is 0 Å². The summed E-state index contributed by atoms with van der Waals surface area (Å²) in [6.45, 7) is 7.81. The number of rotatable bonds is 7. The molecule has 1 fully saturated rings. The van der Waals surface area contributed by atoms with Crippen LogP contribution in [-0.2, 0) is 6.54 Å². The molecular formula is C17H28N2. The van der Waals surface area contributed by atoms with Gasteiger partial charge in [0.2, 0.25) is 0 Å². The summed E-state index contributed by atoms with van der Waals surface area (Å²) in [5, 5.41) is 3.58. The van der Waals surface area contributed by atoms with Gasteiger partial charge in [-0.3, -0.25) is 0 Å². The van der Waals surface area contributed by atoms with E-state index in [2.05, 4.69) is 56.2 Å². The van der Waals surface area contributed by atoms with E-state index in [1.54, 1.807) is 0 Å². The van der Waals surface area contributed by atoms with E-state index in [0.717, 1.165) is 12.6 Å². The van der Waals surface area contributed by atoms with Gasteiger partial charge >= 0.3 is 0 Å². The van der Waals surface area contributed by atoms with Crippen molar-refractivity contribution in [1.82, 2.24) is 5.32 Å². The smallest absolute Gasteiger partial charge is 0.0395 e. The van der Waals surface area contributed by atoms with Crippen LogP contribution in [0.25, 0.3) is 0 Å². The second kappa shape index (κ2) is 6.42. The normalized spacial score (nSPS) is 16.4. The third-order valence-corrected chi connectivity index (χ3v) is 4.18. The van der Waals surface area contributed by atoms with Crippen LogP contribution in [0.15, 0.2) is 18.2 Å². The molecule has 0 spiro atoms. The van der Waals surface area contributed by atoms with E-state index >= 15 is 0 Å². The molecule has 1 aromatic rings. The van der Waals surface area contributed by atoms with E-state index in [9.17, 15) is 0 Å². The molecule has 1 N–H and O–H groups in total. The Balaban J connectivity index is 2.00. The minimum Gasteiger partial charge on any atom is -0.372 e. The Morgan fingerprint density at radius 3 is 2.68 bits per heavy atom. The molecule has 0 aromatic heterocycles. The molecule has 0 saturated heterocycles. The van der Waals surface area contributed by atoms with Crippen molar-refractivity contribution in [2.45, 2.75) is 65.1 Å². The summed E-state index contributed by atoms with van der Waals surface area (Å²) < 4.78 is 0. The molecule has 1 unspecified atom stereocenters. The maximum atomic E-state index is 3.58. The molecule has 2 heteroatoms. The van der Waals surface area contributed by atoms with E-state index < -0.39 is 0 Å². The van der Waals surface area contributed by atoms with Crippen molar-refractivity contribution in [3.8, 4) is 0 Å². The quantitative estimate of drug-likeness (QED) is 0.800. The number of hydrogen-bond donors (Lipinski definition) is 1. The molecule has 1 aliphatic rings. The lowest BCUT2D eigenvalue weighted by Gasteiger charge is -2.28. The molecule has 0 heterocycles. The van der Waals surface area contributed by atoms with Crippen LogP contribution in [0.2, 0.25) is 0 Å². The van der Waals surface area contributed by atoms with Gasteiger partial charge in [0, 0.05) is 31.4 Å². The molecule has 106 valence electrons. The first-order chi connectivity index (χ1) is 9.11. The topological polar surface area (TPSA) is 15.3 Å². The van der Waals surface area contributed by atoms with Gasteiger partial charge in [-0.2, -0.15) is 0 Å². The lowest BCUT2D eigenvalue weighted by atomic mass is 10.1. The van der Waals surface area contributed by atoms with Gasteiger partial charge in [-0.25, -0.2) is 0 Å². The van der Waals surface area contributed by atoms with Crippen LogP contribution in [0.5, 0.6) is 0 Å². The van der Waals surface area contributed by atoms with Crippen molar-refractivity contribution >= 4 is 5.69 Å². The molecule has 0 aliphatic heterocycles. The largest absolute Gasteiger partial charge is 0.372 e. The highest BCUT2D eigenvalue weighted by molar-refractivity contribution is 5.54. The summed E-state index contributed by atoms with van der Waals surface area (Å²) in [7, 11) is 2.21. The Kier molecular flexibility index (Phi) is 4.87. The number of hydrogen-bond acceptors (Lipinski definition) is 2.